The van der Waals surface area contributed by atoms with Crippen LogP contribution in [0, 0.1) is 5.92 Å². The van der Waals surface area contributed by atoms with Gasteiger partial charge >= 0.3 is 6.18 Å². The van der Waals surface area contributed by atoms with Gasteiger partial charge in [0.2, 0.25) is 0 Å². The van der Waals surface area contributed by atoms with Gasteiger partial charge in [0.15, 0.2) is 0 Å². The molecule has 0 spiro atoms. The molecule has 0 aromatic heterocycles. The molecule has 1 aromatic carbocycles. The van der Waals surface area contributed by atoms with Gasteiger partial charge in [0.25, 0.3) is 0 Å². The lowest BCUT2D eigenvalue weighted by molar-refractivity contribution is -0.702. The molecule has 0 saturated heterocycles. The zero-order chi connectivity index (χ0) is 13.8. The number of alkyl halides is 3. The molecular weight excluding hydrogens is 239 g/mol. The average Bonchev–Trinajstić information content (AvgIpc) is 2.25. The van der Waals surface area contributed by atoms with E-state index in [2.05, 4.69) is 26.1 Å². The predicted molar refractivity (Wildman–Crippen MR) is 66.0 cm³/mol. The van der Waals surface area contributed by atoms with Crippen LogP contribution in [0.25, 0.3) is 0 Å². The van der Waals surface area contributed by atoms with Gasteiger partial charge in [0, 0.05) is 12.0 Å². The Kier molecular flexibility index (Phi) is 5.20. The molecule has 0 bridgehead atoms. The minimum Gasteiger partial charge on any atom is -0.340 e. The van der Waals surface area contributed by atoms with Crippen molar-refractivity contribution in [2.75, 3.05) is 0 Å². The molecule has 1 atom stereocenters. The maximum Gasteiger partial charge on any atom is 0.416 e. The molecule has 1 aromatic rings. The standard InChI is InChI=1S/C14H20F3N/c1-10(2)8-11(3)18-9-12-4-6-13(7-5-12)14(15,16)17/h4-7,10-11,18H,8-9H2,1-3H3/p+1/t11-/m0/s1. The van der Waals surface area contributed by atoms with E-state index in [4.69, 9.17) is 0 Å². The summed E-state index contributed by atoms with van der Waals surface area (Å²) >= 11 is 0. The molecule has 2 N–H and O–H groups in total. The number of halogens is 3. The normalized spacial score (nSPS) is 13.9. The Hall–Kier alpha value is -1.03. The fourth-order valence-corrected chi connectivity index (χ4v) is 2.01. The molecule has 0 heterocycles. The van der Waals surface area contributed by atoms with Gasteiger partial charge in [-0.3, -0.25) is 0 Å². The Balaban J connectivity index is 2.49. The third-order valence-electron chi connectivity index (χ3n) is 2.88. The van der Waals surface area contributed by atoms with E-state index in [1.807, 2.05) is 0 Å². The predicted octanol–water partition coefficient (Wildman–Crippen LogP) is 3.20. The van der Waals surface area contributed by atoms with Crippen molar-refractivity contribution in [3.63, 3.8) is 0 Å². The van der Waals surface area contributed by atoms with Crippen molar-refractivity contribution in [3.8, 4) is 0 Å². The first-order chi connectivity index (χ1) is 8.29. The highest BCUT2D eigenvalue weighted by Gasteiger charge is 2.29. The highest BCUT2D eigenvalue weighted by Crippen LogP contribution is 2.28. The van der Waals surface area contributed by atoms with Gasteiger partial charge in [-0.15, -0.1) is 0 Å². The maximum absolute atomic E-state index is 12.4. The first kappa shape index (κ1) is 15.0. The van der Waals surface area contributed by atoms with Crippen LogP contribution >= 0.6 is 0 Å². The number of nitrogens with two attached hydrogens (primary N) is 1. The van der Waals surface area contributed by atoms with Crippen molar-refractivity contribution in [1.82, 2.24) is 0 Å². The summed E-state index contributed by atoms with van der Waals surface area (Å²) in [6.45, 7) is 7.21. The minimum atomic E-state index is -4.24. The van der Waals surface area contributed by atoms with Gasteiger partial charge in [-0.1, -0.05) is 26.0 Å². The summed E-state index contributed by atoms with van der Waals surface area (Å²) in [6, 6.07) is 5.90. The lowest BCUT2D eigenvalue weighted by Gasteiger charge is -2.13. The van der Waals surface area contributed by atoms with Gasteiger partial charge in [-0.2, -0.15) is 13.2 Å². The van der Waals surface area contributed by atoms with E-state index in [1.165, 1.54) is 0 Å². The summed E-state index contributed by atoms with van der Waals surface area (Å²) in [5.41, 5.74) is 0.347. The van der Waals surface area contributed by atoms with Crippen LogP contribution in [0.3, 0.4) is 0 Å². The highest BCUT2D eigenvalue weighted by molar-refractivity contribution is 5.23. The molecule has 0 aliphatic rings. The summed E-state index contributed by atoms with van der Waals surface area (Å²) in [4.78, 5) is 0. The molecule has 0 saturated carbocycles. The van der Waals surface area contributed by atoms with Crippen molar-refractivity contribution in [1.29, 1.82) is 0 Å². The van der Waals surface area contributed by atoms with Crippen LogP contribution in [-0.4, -0.2) is 6.04 Å². The molecule has 4 heteroatoms. The second kappa shape index (κ2) is 6.23. The van der Waals surface area contributed by atoms with E-state index in [1.54, 1.807) is 12.1 Å². The van der Waals surface area contributed by atoms with Crippen LogP contribution in [0.5, 0.6) is 0 Å². The molecule has 0 unspecified atom stereocenters. The second-order valence-corrected chi connectivity index (χ2v) is 5.24. The number of hydrogen-bond acceptors (Lipinski definition) is 0. The first-order valence-corrected chi connectivity index (χ1v) is 6.28. The van der Waals surface area contributed by atoms with Crippen LogP contribution in [-0.2, 0) is 12.7 Å². The molecule has 0 aliphatic heterocycles. The molecule has 1 nitrogen and oxygen atoms in total. The smallest absolute Gasteiger partial charge is 0.340 e. The van der Waals surface area contributed by atoms with Gasteiger partial charge in [0.1, 0.15) is 6.54 Å². The van der Waals surface area contributed by atoms with Crippen LogP contribution in [0.15, 0.2) is 24.3 Å². The number of quaternary nitrogens is 1. The van der Waals surface area contributed by atoms with E-state index in [9.17, 15) is 13.2 Å². The molecular formula is C14H21F3N+. The average molecular weight is 260 g/mol. The molecule has 0 aliphatic carbocycles. The third kappa shape index (κ3) is 5.08. The van der Waals surface area contributed by atoms with Crippen molar-refractivity contribution < 1.29 is 18.5 Å². The quantitative estimate of drug-likeness (QED) is 0.837. The van der Waals surface area contributed by atoms with Gasteiger partial charge < -0.3 is 5.32 Å². The SMILES string of the molecule is CC(C)C[C@H](C)[NH2+]Cc1ccc(C(F)(F)F)cc1. The fourth-order valence-electron chi connectivity index (χ4n) is 2.01. The summed E-state index contributed by atoms with van der Waals surface area (Å²) in [5, 5.41) is 2.17. The topological polar surface area (TPSA) is 16.6 Å². The summed E-state index contributed by atoms with van der Waals surface area (Å²) < 4.78 is 37.1. The van der Waals surface area contributed by atoms with Crippen LogP contribution < -0.4 is 5.32 Å². The van der Waals surface area contributed by atoms with Crippen LogP contribution in [0.4, 0.5) is 13.2 Å². The summed E-state index contributed by atoms with van der Waals surface area (Å²) in [7, 11) is 0. The zero-order valence-electron chi connectivity index (χ0n) is 11.1. The Bertz CT molecular complexity index is 354. The van der Waals surface area contributed by atoms with E-state index in [0.717, 1.165) is 30.7 Å². The highest BCUT2D eigenvalue weighted by atomic mass is 19.4. The zero-order valence-corrected chi connectivity index (χ0v) is 11.1. The summed E-state index contributed by atoms with van der Waals surface area (Å²) in [6.07, 6.45) is -3.13. The molecule has 18 heavy (non-hydrogen) atoms. The lowest BCUT2D eigenvalue weighted by Crippen LogP contribution is -2.87. The third-order valence-corrected chi connectivity index (χ3v) is 2.88. The Morgan fingerprint density at radius 3 is 2.06 bits per heavy atom. The fraction of sp³-hybridized carbons (Fsp3) is 0.571. The number of rotatable bonds is 5. The second-order valence-electron chi connectivity index (χ2n) is 5.24. The lowest BCUT2D eigenvalue weighted by atomic mass is 10.0. The van der Waals surface area contributed by atoms with Crippen LogP contribution in [0.1, 0.15) is 38.3 Å². The Morgan fingerprint density at radius 2 is 1.61 bits per heavy atom. The Morgan fingerprint density at radius 1 is 1.06 bits per heavy atom. The Labute approximate surface area is 106 Å². The van der Waals surface area contributed by atoms with E-state index in [-0.39, 0.29) is 0 Å². The molecule has 102 valence electrons. The van der Waals surface area contributed by atoms with Crippen molar-refractivity contribution in [2.45, 2.75) is 46.0 Å². The minimum absolute atomic E-state index is 0.493. The molecule has 0 amide bonds. The molecule has 1 rings (SSSR count). The molecule has 0 fully saturated rings. The first-order valence-electron chi connectivity index (χ1n) is 6.28. The van der Waals surface area contributed by atoms with Crippen LogP contribution in [0.2, 0.25) is 0 Å². The van der Waals surface area contributed by atoms with Crippen molar-refractivity contribution in [3.05, 3.63) is 35.4 Å². The van der Waals surface area contributed by atoms with Gasteiger partial charge in [-0.25, -0.2) is 0 Å². The van der Waals surface area contributed by atoms with Crippen molar-refractivity contribution >= 4 is 0 Å². The number of benzene rings is 1. The largest absolute Gasteiger partial charge is 0.416 e. The van der Waals surface area contributed by atoms with E-state index >= 15 is 0 Å². The van der Waals surface area contributed by atoms with E-state index in [0.29, 0.717) is 12.0 Å². The maximum atomic E-state index is 12.4. The van der Waals surface area contributed by atoms with Gasteiger partial charge in [-0.05, 0) is 25.0 Å². The number of hydrogen-bond donors (Lipinski definition) is 1. The monoisotopic (exact) mass is 260 g/mol. The molecule has 0 radical (unpaired) electrons. The van der Waals surface area contributed by atoms with Crippen molar-refractivity contribution in [2.24, 2.45) is 5.92 Å². The van der Waals surface area contributed by atoms with Gasteiger partial charge in [0.05, 0.1) is 11.6 Å². The van der Waals surface area contributed by atoms with E-state index < -0.39 is 11.7 Å². The summed E-state index contributed by atoms with van der Waals surface area (Å²) in [5.74, 6) is 0.642.